The van der Waals surface area contributed by atoms with Gasteiger partial charge in [-0.15, -0.1) is 0 Å². The number of halogens is 1. The van der Waals surface area contributed by atoms with Crippen molar-refractivity contribution in [3.05, 3.63) is 76.5 Å². The second kappa shape index (κ2) is 11.9. The molecule has 5 N–H and O–H groups in total. The molecule has 0 saturated heterocycles. The lowest BCUT2D eigenvalue weighted by Gasteiger charge is -2.62. The topological polar surface area (TPSA) is 175 Å². The number of carbonyl (C=O) groups is 2. The van der Waals surface area contributed by atoms with E-state index in [4.69, 9.17) is 9.15 Å². The molecule has 0 radical (unpaired) electrons. The molecular weight excluding hydrogens is 635 g/mol. The number of aliphatic hydroxyl groups excluding tert-OH is 2. The average molecular weight is 677 g/mol. The Kier molecular flexibility index (Phi) is 8.41. The second-order valence-electron chi connectivity index (χ2n) is 14.2. The summed E-state index contributed by atoms with van der Waals surface area (Å²) in [6, 6.07) is 11.4. The number of rotatable bonds is 4. The quantitative estimate of drug-likeness (QED) is 0.259. The summed E-state index contributed by atoms with van der Waals surface area (Å²) in [5.41, 5.74) is -4.86. The first kappa shape index (κ1) is 34.5. The summed E-state index contributed by atoms with van der Waals surface area (Å²) in [6.45, 7) is 4.48. The van der Waals surface area contributed by atoms with E-state index >= 15 is 4.39 Å². The molecule has 10 nitrogen and oxygen atoms in total. The molecule has 4 aliphatic carbocycles. The first-order valence-corrected chi connectivity index (χ1v) is 16.4. The average Bonchev–Trinajstić information content (AvgIpc) is 3.27. The van der Waals surface area contributed by atoms with Crippen LogP contribution >= 0.6 is 0 Å². The van der Waals surface area contributed by atoms with Crippen LogP contribution in [-0.2, 0) is 9.59 Å². The minimum atomic E-state index is -1.98. The number of Topliss-reactive ketones (excluding diaryl/α,β-unsaturated/α-hetero) is 1. The minimum absolute atomic E-state index is 0.0117. The Morgan fingerprint density at radius 1 is 1.08 bits per heavy atom. The summed E-state index contributed by atoms with van der Waals surface area (Å²) < 4.78 is 27.6. The number of methoxy groups -OCH3 is 1. The van der Waals surface area contributed by atoms with Crippen LogP contribution in [0.1, 0.15) is 46.5 Å². The molecule has 11 heteroatoms. The highest BCUT2D eigenvalue weighted by Gasteiger charge is 2.75. The molecule has 3 fully saturated rings. The van der Waals surface area contributed by atoms with E-state index in [1.807, 2.05) is 18.2 Å². The van der Waals surface area contributed by atoms with E-state index in [9.17, 15) is 39.9 Å². The summed E-state index contributed by atoms with van der Waals surface area (Å²) in [6.07, 6.45) is 4.44. The van der Waals surface area contributed by atoms with Gasteiger partial charge in [0.1, 0.15) is 29.1 Å². The van der Waals surface area contributed by atoms with Crippen molar-refractivity contribution < 1.29 is 48.7 Å². The Morgan fingerprint density at radius 3 is 2.43 bits per heavy atom. The molecule has 0 aliphatic heterocycles. The zero-order chi connectivity index (χ0) is 35.7. The summed E-state index contributed by atoms with van der Waals surface area (Å²) >= 11 is 0. The molecule has 1 heterocycles. The fourth-order valence-electron chi connectivity index (χ4n) is 9.48. The summed E-state index contributed by atoms with van der Waals surface area (Å²) in [5.74, 6) is -2.42. The molecule has 1 aromatic heterocycles. The first-order chi connectivity index (χ1) is 23.1. The lowest BCUT2D eigenvalue weighted by Crippen LogP contribution is -2.69. The monoisotopic (exact) mass is 676 g/mol. The van der Waals surface area contributed by atoms with E-state index in [-0.39, 0.29) is 46.3 Å². The number of carbonyl (C=O) groups excluding carboxylic acids is 2. The lowest BCUT2D eigenvalue weighted by molar-refractivity contribution is -0.219. The fraction of sp³-hybridized carbons (Fsp3) is 0.447. The highest BCUT2D eigenvalue weighted by Crippen LogP contribution is 2.70. The van der Waals surface area contributed by atoms with Crippen molar-refractivity contribution in [2.24, 2.45) is 28.6 Å². The van der Waals surface area contributed by atoms with Crippen molar-refractivity contribution in [2.75, 3.05) is 13.7 Å². The van der Waals surface area contributed by atoms with E-state index in [0.717, 1.165) is 6.07 Å². The third-order valence-electron chi connectivity index (χ3n) is 12.0. The Labute approximate surface area is 282 Å². The van der Waals surface area contributed by atoms with Gasteiger partial charge in [0.25, 0.3) is 0 Å². The summed E-state index contributed by atoms with van der Waals surface area (Å²) in [5, 5.41) is 51.6. The van der Waals surface area contributed by atoms with Gasteiger partial charge in [-0.25, -0.2) is 4.39 Å². The number of hydrogen-bond acceptors (Lipinski definition) is 10. The second-order valence-corrected chi connectivity index (χ2v) is 14.2. The van der Waals surface area contributed by atoms with Crippen molar-refractivity contribution >= 4 is 22.5 Å². The van der Waals surface area contributed by atoms with Crippen LogP contribution in [0.5, 0.6) is 17.2 Å². The third kappa shape index (κ3) is 4.80. The van der Waals surface area contributed by atoms with Crippen molar-refractivity contribution in [1.29, 1.82) is 0 Å². The van der Waals surface area contributed by atoms with E-state index < -0.39 is 57.9 Å². The maximum absolute atomic E-state index is 16.9. The Bertz CT molecular complexity index is 1950. The van der Waals surface area contributed by atoms with Gasteiger partial charge < -0.3 is 34.7 Å². The highest BCUT2D eigenvalue weighted by atomic mass is 19.1. The number of hydrogen-bond donors (Lipinski definition) is 5. The number of phenolic OH excluding ortho intramolecular Hbond substituents is 2. The van der Waals surface area contributed by atoms with Crippen LogP contribution in [0.4, 0.5) is 4.39 Å². The van der Waals surface area contributed by atoms with Gasteiger partial charge in [0.05, 0.1) is 13.2 Å². The number of alkyl halides is 1. The summed E-state index contributed by atoms with van der Waals surface area (Å²) in [7, 11) is 1.35. The number of ether oxygens (including phenoxy) is 1. The Morgan fingerprint density at radius 2 is 1.78 bits per heavy atom. The van der Waals surface area contributed by atoms with Crippen LogP contribution < -0.4 is 10.2 Å². The number of ketones is 2. The van der Waals surface area contributed by atoms with Crippen molar-refractivity contribution in [2.45, 2.75) is 63.8 Å². The van der Waals surface area contributed by atoms with Crippen LogP contribution in [0.3, 0.4) is 0 Å². The van der Waals surface area contributed by atoms with Crippen LogP contribution in [0.15, 0.2) is 75.5 Å². The van der Waals surface area contributed by atoms with Gasteiger partial charge in [-0.2, -0.15) is 0 Å². The molecule has 0 bridgehead atoms. The zero-order valence-electron chi connectivity index (χ0n) is 27.8. The van der Waals surface area contributed by atoms with Crippen molar-refractivity contribution in [3.63, 3.8) is 0 Å². The van der Waals surface area contributed by atoms with Gasteiger partial charge >= 0.3 is 0 Å². The Hall–Kier alpha value is -4.32. The van der Waals surface area contributed by atoms with Gasteiger partial charge in [0.15, 0.2) is 34.0 Å². The van der Waals surface area contributed by atoms with E-state index in [0.29, 0.717) is 36.2 Å². The minimum Gasteiger partial charge on any atom is -0.507 e. The lowest BCUT2D eigenvalue weighted by atomic mass is 9.44. The molecule has 2 aromatic carbocycles. The van der Waals surface area contributed by atoms with Crippen molar-refractivity contribution in [1.82, 2.24) is 0 Å². The number of aliphatic hydroxyl groups is 3. The standard InChI is InChI=1S/C22H29FO5.C16H12O5/c1-12-8-16-15-5-4-13-9-14(25)6-7-19(13,2)21(15,23)17(26)10-20(16,3)22(12,28)18(27)11-24;1-20-15-12(19)7-10(17)14-11(18)8-13(21-16(14)15)9-5-3-2-4-6-9/h6-7,9,12,15-17,24,26,28H,4-5,8,10-11H2,1-3H3;2-8,17,19H,1H3/t12-,15+,16+,17+,19+,20+,21+,22+;/m1./s1. The number of benzene rings is 2. The van der Waals surface area contributed by atoms with Crippen LogP contribution in [-0.4, -0.2) is 68.2 Å². The smallest absolute Gasteiger partial charge is 0.204 e. The van der Waals surface area contributed by atoms with Gasteiger partial charge in [-0.05, 0) is 56.6 Å². The molecule has 3 saturated carbocycles. The highest BCUT2D eigenvalue weighted by molar-refractivity contribution is 6.01. The molecule has 0 spiro atoms. The predicted molar refractivity (Wildman–Crippen MR) is 178 cm³/mol. The molecule has 4 aliphatic rings. The molecule has 0 amide bonds. The molecule has 7 rings (SSSR count). The van der Waals surface area contributed by atoms with Gasteiger partial charge in [0, 0.05) is 34.4 Å². The maximum atomic E-state index is 16.9. The molecular formula is C38H41FO10. The van der Waals surface area contributed by atoms with Crippen LogP contribution in [0, 0.1) is 28.6 Å². The predicted octanol–water partition coefficient (Wildman–Crippen LogP) is 4.78. The normalized spacial score (nSPS) is 34.6. The van der Waals surface area contributed by atoms with Gasteiger partial charge in [0.2, 0.25) is 5.75 Å². The fourth-order valence-corrected chi connectivity index (χ4v) is 9.48. The largest absolute Gasteiger partial charge is 0.507 e. The van der Waals surface area contributed by atoms with E-state index in [1.165, 1.54) is 25.3 Å². The van der Waals surface area contributed by atoms with Crippen LogP contribution in [0.2, 0.25) is 0 Å². The molecule has 260 valence electrons. The number of allylic oxidation sites excluding steroid dienone is 4. The van der Waals surface area contributed by atoms with Gasteiger partial charge in [-0.1, -0.05) is 55.8 Å². The third-order valence-corrected chi connectivity index (χ3v) is 12.0. The maximum Gasteiger partial charge on any atom is 0.204 e. The first-order valence-electron chi connectivity index (χ1n) is 16.4. The zero-order valence-corrected chi connectivity index (χ0v) is 27.8. The van der Waals surface area contributed by atoms with Crippen molar-refractivity contribution in [3.8, 4) is 28.6 Å². The SMILES string of the molecule is COc1c(O)cc(O)c2c(=O)cc(-c3ccccc3)oc12.C[C@@H]1C[C@H]2[C@@H]3CCC4=CC(=O)C=C[C@]4(C)[C@@]3(F)[C@@H](O)C[C@]2(C)[C@@]1(O)C(=O)CO. The molecule has 8 atom stereocenters. The summed E-state index contributed by atoms with van der Waals surface area (Å²) in [4.78, 5) is 36.6. The van der Waals surface area contributed by atoms with E-state index in [1.54, 1.807) is 39.0 Å². The molecule has 3 aromatic rings. The Balaban J connectivity index is 0.000000177. The molecule has 49 heavy (non-hydrogen) atoms. The van der Waals surface area contributed by atoms with E-state index in [2.05, 4.69) is 0 Å². The van der Waals surface area contributed by atoms with Crippen LogP contribution in [0.25, 0.3) is 22.3 Å². The molecule has 0 unspecified atom stereocenters. The van der Waals surface area contributed by atoms with Gasteiger partial charge in [-0.3, -0.25) is 14.4 Å². The number of fused-ring (bicyclic) bond motifs is 6. The number of aromatic hydroxyl groups is 2. The number of phenols is 2.